The summed E-state index contributed by atoms with van der Waals surface area (Å²) in [4.78, 5) is 0. The molecule has 0 aliphatic heterocycles. The maximum atomic E-state index is 9.05. The van der Waals surface area contributed by atoms with Gasteiger partial charge < -0.3 is 19.3 Å². The van der Waals surface area contributed by atoms with Crippen molar-refractivity contribution in [3.63, 3.8) is 0 Å². The molecule has 11 heavy (non-hydrogen) atoms. The van der Waals surface area contributed by atoms with E-state index >= 15 is 0 Å². The van der Waals surface area contributed by atoms with Crippen molar-refractivity contribution in [2.75, 3.05) is 20.3 Å². The third-order valence-electron chi connectivity index (χ3n) is 1.15. The van der Waals surface area contributed by atoms with Gasteiger partial charge in [-0.2, -0.15) is 0 Å². The molecule has 0 saturated heterocycles. The number of aliphatic hydroxyl groups is 1. The molecule has 0 radical (unpaired) electrons. The maximum absolute atomic E-state index is 9.05. The number of methoxy groups -OCH3 is 1. The lowest BCUT2D eigenvalue weighted by molar-refractivity contribution is -0.226. The average Bonchev–Trinajstić information content (AvgIpc) is 2.00. The van der Waals surface area contributed by atoms with Crippen molar-refractivity contribution in [2.45, 2.75) is 26.4 Å². The van der Waals surface area contributed by atoms with E-state index in [0.29, 0.717) is 6.61 Å². The Bertz CT molecular complexity index is 86.5. The normalized spacial score (nSPS) is 16.4. The predicted octanol–water partition coefficient (Wildman–Crippen LogP) is 0.350. The molecule has 0 amide bonds. The van der Waals surface area contributed by atoms with Crippen molar-refractivity contribution in [3.05, 3.63) is 0 Å². The Morgan fingerprint density at radius 1 is 1.45 bits per heavy atom. The lowest BCUT2D eigenvalue weighted by atomic mass is 10.6. The number of hydrogen-bond acceptors (Lipinski definition) is 4. The molecular weight excluding hydrogens is 148 g/mol. The molecule has 4 heteroatoms. The van der Waals surface area contributed by atoms with E-state index in [1.807, 2.05) is 6.92 Å². The fraction of sp³-hybridized carbons (Fsp3) is 1.00. The SMILES string of the molecule is CCOCC(O)OC(C)OC. The van der Waals surface area contributed by atoms with Crippen molar-refractivity contribution in [1.29, 1.82) is 0 Å². The Labute approximate surface area is 67.1 Å². The highest BCUT2D eigenvalue weighted by atomic mass is 16.7. The van der Waals surface area contributed by atoms with Gasteiger partial charge in [-0.3, -0.25) is 0 Å². The van der Waals surface area contributed by atoms with Gasteiger partial charge in [0.1, 0.15) is 0 Å². The fourth-order valence-electron chi connectivity index (χ4n) is 0.535. The van der Waals surface area contributed by atoms with Gasteiger partial charge in [0.25, 0.3) is 0 Å². The Hall–Kier alpha value is -0.160. The van der Waals surface area contributed by atoms with Crippen LogP contribution < -0.4 is 0 Å². The van der Waals surface area contributed by atoms with E-state index < -0.39 is 12.6 Å². The highest BCUT2D eigenvalue weighted by Gasteiger charge is 2.07. The summed E-state index contributed by atoms with van der Waals surface area (Å²) >= 11 is 0. The van der Waals surface area contributed by atoms with E-state index in [1.165, 1.54) is 7.11 Å². The highest BCUT2D eigenvalue weighted by molar-refractivity contribution is 4.38. The van der Waals surface area contributed by atoms with Crippen LogP contribution >= 0.6 is 0 Å². The van der Waals surface area contributed by atoms with Crippen molar-refractivity contribution in [3.8, 4) is 0 Å². The molecule has 1 N–H and O–H groups in total. The first-order valence-corrected chi connectivity index (χ1v) is 3.64. The third kappa shape index (κ3) is 6.25. The largest absolute Gasteiger partial charge is 0.376 e. The number of hydrogen-bond donors (Lipinski definition) is 1. The molecule has 0 aromatic heterocycles. The number of rotatable bonds is 6. The zero-order valence-corrected chi connectivity index (χ0v) is 7.24. The van der Waals surface area contributed by atoms with Gasteiger partial charge in [-0.05, 0) is 13.8 Å². The standard InChI is InChI=1S/C7H16O4/c1-4-10-5-7(8)11-6(2)9-3/h6-8H,4-5H2,1-3H3. The topological polar surface area (TPSA) is 47.9 Å². The summed E-state index contributed by atoms with van der Waals surface area (Å²) in [5, 5.41) is 9.05. The smallest absolute Gasteiger partial charge is 0.181 e. The Morgan fingerprint density at radius 2 is 2.09 bits per heavy atom. The van der Waals surface area contributed by atoms with Crippen LogP contribution in [0.3, 0.4) is 0 Å². The second-order valence-corrected chi connectivity index (χ2v) is 2.05. The second kappa shape index (κ2) is 6.54. The Kier molecular flexibility index (Phi) is 6.45. The van der Waals surface area contributed by atoms with Crippen LogP contribution in [0.15, 0.2) is 0 Å². The van der Waals surface area contributed by atoms with E-state index in [0.717, 1.165) is 0 Å². The van der Waals surface area contributed by atoms with E-state index in [-0.39, 0.29) is 6.61 Å². The summed E-state index contributed by atoms with van der Waals surface area (Å²) in [6.45, 7) is 4.31. The monoisotopic (exact) mass is 164 g/mol. The number of ether oxygens (including phenoxy) is 3. The summed E-state index contributed by atoms with van der Waals surface area (Å²) in [7, 11) is 1.51. The van der Waals surface area contributed by atoms with Crippen LogP contribution in [0.4, 0.5) is 0 Å². The molecule has 0 aromatic rings. The molecule has 0 spiro atoms. The van der Waals surface area contributed by atoms with Crippen LogP contribution in [0, 0.1) is 0 Å². The first-order chi connectivity index (χ1) is 5.20. The quantitative estimate of drug-likeness (QED) is 0.575. The molecule has 68 valence electrons. The molecule has 0 bridgehead atoms. The van der Waals surface area contributed by atoms with Crippen LogP contribution in [-0.2, 0) is 14.2 Å². The summed E-state index contributed by atoms with van der Waals surface area (Å²) in [5.74, 6) is 0. The molecule has 0 aliphatic rings. The molecule has 0 aromatic carbocycles. The predicted molar refractivity (Wildman–Crippen MR) is 40.1 cm³/mol. The van der Waals surface area contributed by atoms with Crippen LogP contribution in [0.5, 0.6) is 0 Å². The minimum atomic E-state index is -0.898. The van der Waals surface area contributed by atoms with Gasteiger partial charge in [0, 0.05) is 13.7 Å². The summed E-state index contributed by atoms with van der Waals surface area (Å²) in [6.07, 6.45) is -1.30. The van der Waals surface area contributed by atoms with Gasteiger partial charge in [-0.1, -0.05) is 0 Å². The second-order valence-electron chi connectivity index (χ2n) is 2.05. The van der Waals surface area contributed by atoms with Crippen molar-refractivity contribution in [1.82, 2.24) is 0 Å². The summed E-state index contributed by atoms with van der Waals surface area (Å²) < 4.78 is 14.6. The fourth-order valence-corrected chi connectivity index (χ4v) is 0.535. The lowest BCUT2D eigenvalue weighted by Gasteiger charge is -2.16. The molecular formula is C7H16O4. The van der Waals surface area contributed by atoms with Crippen molar-refractivity contribution < 1.29 is 19.3 Å². The van der Waals surface area contributed by atoms with E-state index in [1.54, 1.807) is 6.92 Å². The number of aliphatic hydroxyl groups excluding tert-OH is 1. The summed E-state index contributed by atoms with van der Waals surface area (Å²) in [6, 6.07) is 0. The van der Waals surface area contributed by atoms with Crippen LogP contribution in [0.1, 0.15) is 13.8 Å². The van der Waals surface area contributed by atoms with Gasteiger partial charge in [0.05, 0.1) is 6.61 Å². The molecule has 0 rings (SSSR count). The van der Waals surface area contributed by atoms with Crippen LogP contribution in [0.2, 0.25) is 0 Å². The molecule has 0 fully saturated rings. The Morgan fingerprint density at radius 3 is 2.55 bits per heavy atom. The molecule has 4 nitrogen and oxygen atoms in total. The average molecular weight is 164 g/mol. The Balaban J connectivity index is 3.27. The zero-order valence-electron chi connectivity index (χ0n) is 7.24. The zero-order chi connectivity index (χ0) is 8.69. The van der Waals surface area contributed by atoms with E-state index in [9.17, 15) is 0 Å². The van der Waals surface area contributed by atoms with E-state index in [2.05, 4.69) is 0 Å². The van der Waals surface area contributed by atoms with Gasteiger partial charge >= 0.3 is 0 Å². The van der Waals surface area contributed by atoms with Gasteiger partial charge in [-0.15, -0.1) is 0 Å². The van der Waals surface area contributed by atoms with Crippen LogP contribution in [0.25, 0.3) is 0 Å². The van der Waals surface area contributed by atoms with Crippen molar-refractivity contribution >= 4 is 0 Å². The first kappa shape index (κ1) is 10.8. The molecule has 2 atom stereocenters. The van der Waals surface area contributed by atoms with Crippen LogP contribution in [-0.4, -0.2) is 38.0 Å². The lowest BCUT2D eigenvalue weighted by Crippen LogP contribution is -2.25. The van der Waals surface area contributed by atoms with Gasteiger partial charge in [0.15, 0.2) is 12.6 Å². The van der Waals surface area contributed by atoms with Gasteiger partial charge in [-0.25, -0.2) is 0 Å². The summed E-state index contributed by atoms with van der Waals surface area (Å²) in [5.41, 5.74) is 0. The highest BCUT2D eigenvalue weighted by Crippen LogP contribution is 1.96. The van der Waals surface area contributed by atoms with E-state index in [4.69, 9.17) is 19.3 Å². The first-order valence-electron chi connectivity index (χ1n) is 3.64. The molecule has 0 saturated carbocycles. The molecule has 0 aliphatic carbocycles. The van der Waals surface area contributed by atoms with Gasteiger partial charge in [0.2, 0.25) is 0 Å². The third-order valence-corrected chi connectivity index (χ3v) is 1.15. The molecule has 0 heterocycles. The molecule has 2 unspecified atom stereocenters. The maximum Gasteiger partial charge on any atom is 0.181 e. The minimum absolute atomic E-state index is 0.185. The van der Waals surface area contributed by atoms with Crippen molar-refractivity contribution in [2.24, 2.45) is 0 Å². The minimum Gasteiger partial charge on any atom is -0.376 e.